The molecule has 0 aliphatic carbocycles. The third-order valence-corrected chi connectivity index (χ3v) is 5.14. The Labute approximate surface area is 180 Å². The lowest BCUT2D eigenvalue weighted by atomic mass is 10.1. The highest BCUT2D eigenvalue weighted by Crippen LogP contribution is 2.33. The van der Waals surface area contributed by atoms with E-state index in [2.05, 4.69) is 15.1 Å². The van der Waals surface area contributed by atoms with Crippen LogP contribution in [-0.2, 0) is 6.30 Å². The zero-order chi connectivity index (χ0) is 22.5. The van der Waals surface area contributed by atoms with Gasteiger partial charge >= 0.3 is 12.0 Å². The van der Waals surface area contributed by atoms with Gasteiger partial charge in [-0.05, 0) is 25.1 Å². The van der Waals surface area contributed by atoms with E-state index >= 15 is 0 Å². The standard InChI is InChI=1S/C18H11Cl2F4N5O2/c1-8(14-11(19)2-3-12(21)15(14)20)31-29-13-4-9(5-25-16(13)27-17(29)30)10-6-26-28(7-10)18(22,23)24/h2-8H,1H3,(H,25,27,30). The van der Waals surface area contributed by atoms with Crippen LogP contribution in [0.3, 0.4) is 0 Å². The summed E-state index contributed by atoms with van der Waals surface area (Å²) in [6.45, 7) is 1.50. The van der Waals surface area contributed by atoms with Gasteiger partial charge < -0.3 is 4.84 Å². The average Bonchev–Trinajstić information content (AvgIpc) is 3.30. The van der Waals surface area contributed by atoms with Gasteiger partial charge in [0, 0.05) is 34.1 Å². The van der Waals surface area contributed by atoms with E-state index in [4.69, 9.17) is 28.0 Å². The van der Waals surface area contributed by atoms with E-state index in [0.717, 1.165) is 23.2 Å². The fraction of sp³-hybridized carbons (Fsp3) is 0.167. The van der Waals surface area contributed by atoms with Crippen molar-refractivity contribution >= 4 is 34.4 Å². The second kappa shape index (κ2) is 7.57. The molecule has 3 heterocycles. The van der Waals surface area contributed by atoms with Crippen molar-refractivity contribution in [2.24, 2.45) is 0 Å². The first kappa shape index (κ1) is 21.2. The Balaban J connectivity index is 1.75. The number of aromatic nitrogens is 5. The van der Waals surface area contributed by atoms with Gasteiger partial charge in [-0.15, -0.1) is 17.9 Å². The second-order valence-electron chi connectivity index (χ2n) is 6.46. The summed E-state index contributed by atoms with van der Waals surface area (Å²) >= 11 is 12.1. The largest absolute Gasteiger partial charge is 0.504 e. The van der Waals surface area contributed by atoms with Gasteiger partial charge in [-0.1, -0.05) is 23.2 Å². The van der Waals surface area contributed by atoms with E-state index in [1.165, 1.54) is 25.3 Å². The van der Waals surface area contributed by atoms with Crippen LogP contribution in [0.25, 0.3) is 22.3 Å². The molecule has 1 unspecified atom stereocenters. The van der Waals surface area contributed by atoms with Crippen molar-refractivity contribution in [2.75, 3.05) is 0 Å². The minimum atomic E-state index is -4.67. The summed E-state index contributed by atoms with van der Waals surface area (Å²) in [6.07, 6.45) is -2.54. The van der Waals surface area contributed by atoms with E-state index in [9.17, 15) is 22.4 Å². The van der Waals surface area contributed by atoms with E-state index in [0.29, 0.717) is 0 Å². The van der Waals surface area contributed by atoms with Crippen LogP contribution in [0.1, 0.15) is 18.6 Å². The number of nitrogens with one attached hydrogen (secondary N) is 1. The topological polar surface area (TPSA) is 77.7 Å². The Bertz CT molecular complexity index is 1350. The molecule has 31 heavy (non-hydrogen) atoms. The van der Waals surface area contributed by atoms with Crippen molar-refractivity contribution < 1.29 is 22.4 Å². The predicted molar refractivity (Wildman–Crippen MR) is 104 cm³/mol. The van der Waals surface area contributed by atoms with Crippen LogP contribution < -0.4 is 10.5 Å². The maximum atomic E-state index is 13.8. The van der Waals surface area contributed by atoms with Crippen molar-refractivity contribution in [2.45, 2.75) is 19.3 Å². The van der Waals surface area contributed by atoms with Crippen molar-refractivity contribution in [3.05, 3.63) is 68.7 Å². The van der Waals surface area contributed by atoms with E-state index < -0.39 is 23.9 Å². The molecule has 0 saturated heterocycles. The van der Waals surface area contributed by atoms with Crippen LogP contribution in [-0.4, -0.2) is 24.5 Å². The first-order valence-corrected chi connectivity index (χ1v) is 9.35. The van der Waals surface area contributed by atoms with Crippen LogP contribution in [0.2, 0.25) is 10.0 Å². The molecule has 7 nitrogen and oxygen atoms in total. The van der Waals surface area contributed by atoms with Crippen LogP contribution in [0.15, 0.2) is 41.6 Å². The smallest absolute Gasteiger partial charge is 0.401 e. The molecule has 0 saturated carbocycles. The van der Waals surface area contributed by atoms with Gasteiger partial charge in [0.1, 0.15) is 11.3 Å². The van der Waals surface area contributed by atoms with E-state index in [1.807, 2.05) is 0 Å². The van der Waals surface area contributed by atoms with Gasteiger partial charge in [0.2, 0.25) is 0 Å². The molecule has 0 amide bonds. The Morgan fingerprint density at radius 3 is 2.61 bits per heavy atom. The number of hydrogen-bond acceptors (Lipinski definition) is 4. The molecular weight excluding hydrogens is 465 g/mol. The zero-order valence-corrected chi connectivity index (χ0v) is 16.9. The number of fused-ring (bicyclic) bond motifs is 1. The monoisotopic (exact) mass is 475 g/mol. The number of pyridine rings is 1. The summed E-state index contributed by atoms with van der Waals surface area (Å²) in [5.41, 5.74) is 0.0599. The van der Waals surface area contributed by atoms with Crippen LogP contribution in [0.4, 0.5) is 17.6 Å². The molecule has 3 aromatic heterocycles. The normalized spacial score (nSPS) is 13.0. The van der Waals surface area contributed by atoms with Gasteiger partial charge in [0.25, 0.3) is 0 Å². The third-order valence-electron chi connectivity index (χ3n) is 4.42. The molecule has 0 bridgehead atoms. The van der Waals surface area contributed by atoms with Crippen LogP contribution in [0.5, 0.6) is 0 Å². The van der Waals surface area contributed by atoms with Crippen LogP contribution in [0, 0.1) is 5.82 Å². The van der Waals surface area contributed by atoms with Gasteiger partial charge in [-0.25, -0.2) is 14.2 Å². The molecule has 1 aromatic carbocycles. The number of aromatic amines is 1. The maximum absolute atomic E-state index is 13.8. The predicted octanol–water partition coefficient (Wildman–Crippen LogP) is 4.70. The molecule has 1 atom stereocenters. The molecule has 4 aromatic rings. The molecule has 13 heteroatoms. The van der Waals surface area contributed by atoms with Gasteiger partial charge in [0.15, 0.2) is 11.8 Å². The number of alkyl halides is 3. The molecule has 0 fully saturated rings. The first-order chi connectivity index (χ1) is 14.6. The molecule has 162 valence electrons. The minimum absolute atomic E-state index is 0.121. The fourth-order valence-corrected chi connectivity index (χ4v) is 3.64. The number of nitrogens with zero attached hydrogens (tertiary/aromatic N) is 4. The molecule has 0 spiro atoms. The molecular formula is C18H11Cl2F4N5O2. The maximum Gasteiger partial charge on any atom is 0.504 e. The van der Waals surface area contributed by atoms with E-state index in [1.54, 1.807) is 0 Å². The van der Waals surface area contributed by atoms with Crippen molar-refractivity contribution in [1.82, 2.24) is 24.5 Å². The summed E-state index contributed by atoms with van der Waals surface area (Å²) in [5.74, 6) is -0.714. The molecule has 1 N–H and O–H groups in total. The van der Waals surface area contributed by atoms with E-state index in [-0.39, 0.29) is 42.6 Å². The molecule has 4 rings (SSSR count). The molecule has 0 aliphatic heterocycles. The van der Waals surface area contributed by atoms with Crippen molar-refractivity contribution in [3.63, 3.8) is 0 Å². The SMILES string of the molecule is CC(On1c(=O)[nH]c2ncc(-c3cnn(C(F)(F)F)c3)cc21)c1c(Cl)ccc(F)c1Cl. The van der Waals surface area contributed by atoms with Gasteiger partial charge in [-0.2, -0.15) is 9.78 Å². The number of rotatable bonds is 4. The van der Waals surface area contributed by atoms with Crippen molar-refractivity contribution in [1.29, 1.82) is 0 Å². The summed E-state index contributed by atoms with van der Waals surface area (Å²) < 4.78 is 52.9. The second-order valence-corrected chi connectivity index (χ2v) is 7.25. The van der Waals surface area contributed by atoms with Gasteiger partial charge in [-0.3, -0.25) is 4.98 Å². The lowest BCUT2D eigenvalue weighted by Crippen LogP contribution is -2.26. The molecule has 0 aliphatic rings. The van der Waals surface area contributed by atoms with Crippen LogP contribution >= 0.6 is 23.2 Å². The number of hydrogen-bond donors (Lipinski definition) is 1. The third kappa shape index (κ3) is 3.86. The summed E-state index contributed by atoms with van der Waals surface area (Å²) in [4.78, 5) is 24.5. The quantitative estimate of drug-likeness (QED) is 0.342. The van der Waals surface area contributed by atoms with Crippen molar-refractivity contribution in [3.8, 4) is 11.1 Å². The highest BCUT2D eigenvalue weighted by molar-refractivity contribution is 6.36. The Kier molecular flexibility index (Phi) is 5.18. The number of benzene rings is 1. The highest BCUT2D eigenvalue weighted by atomic mass is 35.5. The zero-order valence-electron chi connectivity index (χ0n) is 15.4. The molecule has 0 radical (unpaired) electrons. The lowest BCUT2D eigenvalue weighted by molar-refractivity contribution is -0.212. The highest BCUT2D eigenvalue weighted by Gasteiger charge is 2.31. The summed E-state index contributed by atoms with van der Waals surface area (Å²) in [5, 5.41) is 3.15. The Morgan fingerprint density at radius 2 is 1.94 bits per heavy atom. The summed E-state index contributed by atoms with van der Waals surface area (Å²) in [6, 6.07) is 3.80. The number of halogens is 6. The minimum Gasteiger partial charge on any atom is -0.401 e. The van der Waals surface area contributed by atoms with Gasteiger partial charge in [0.05, 0.1) is 11.2 Å². The number of H-pyrrole nitrogens is 1. The lowest BCUT2D eigenvalue weighted by Gasteiger charge is -2.17. The summed E-state index contributed by atoms with van der Waals surface area (Å²) in [7, 11) is 0. The average molecular weight is 476 g/mol. The first-order valence-electron chi connectivity index (χ1n) is 8.60. The Hall–Kier alpha value is -3.05. The Morgan fingerprint density at radius 1 is 1.19 bits per heavy atom. The fourth-order valence-electron chi connectivity index (χ4n) is 2.97. The number of imidazole rings is 1.